The van der Waals surface area contributed by atoms with Crippen molar-refractivity contribution in [1.82, 2.24) is 15.3 Å². The quantitative estimate of drug-likeness (QED) is 0.393. The molecule has 2 saturated heterocycles. The van der Waals surface area contributed by atoms with Crippen LogP contribution in [-0.4, -0.2) is 48.4 Å². The lowest BCUT2D eigenvalue weighted by Gasteiger charge is -2.43. The summed E-state index contributed by atoms with van der Waals surface area (Å²) >= 11 is 8.67. The molecule has 2 aromatic rings. The lowest BCUT2D eigenvalue weighted by Crippen LogP contribution is -2.53. The van der Waals surface area contributed by atoms with Crippen LogP contribution in [0.4, 0.5) is 23.4 Å². The van der Waals surface area contributed by atoms with Crippen molar-refractivity contribution in [2.24, 2.45) is 0 Å². The second-order valence-electron chi connectivity index (χ2n) is 6.92. The molecule has 2 aliphatic heterocycles. The molecule has 152 valence electrons. The Bertz CT molecular complexity index is 928. The molecule has 0 amide bonds. The van der Waals surface area contributed by atoms with Crippen LogP contribution in [0, 0.1) is 5.82 Å². The zero-order chi connectivity index (χ0) is 20.2. The molecule has 3 atom stereocenters. The maximum Gasteiger partial charge on any atom is 0.417 e. The van der Waals surface area contributed by atoms with E-state index in [-0.39, 0.29) is 40.1 Å². The fourth-order valence-corrected chi connectivity index (χ4v) is 4.81. The van der Waals surface area contributed by atoms with Crippen LogP contribution in [-0.2, 0) is 10.9 Å². The van der Waals surface area contributed by atoms with Crippen molar-refractivity contribution in [1.29, 1.82) is 0 Å². The average molecular weight is 484 g/mol. The molecule has 3 unspecified atom stereocenters. The third-order valence-electron chi connectivity index (χ3n) is 5.34. The third-order valence-corrected chi connectivity index (χ3v) is 6.29. The van der Waals surface area contributed by atoms with Gasteiger partial charge in [0.1, 0.15) is 11.3 Å². The molecule has 0 spiro atoms. The summed E-state index contributed by atoms with van der Waals surface area (Å²) in [4.78, 5) is 9.93. The first kappa shape index (κ1) is 20.1. The minimum atomic E-state index is -4.72. The van der Waals surface area contributed by atoms with Crippen molar-refractivity contribution >= 4 is 44.3 Å². The molecule has 1 saturated carbocycles. The second-order valence-corrected chi connectivity index (χ2v) is 8.05. The second kappa shape index (κ2) is 7.23. The summed E-state index contributed by atoms with van der Waals surface area (Å²) in [6.45, 7) is 1.23. The lowest BCUT2D eigenvalue weighted by atomic mass is 10.0. The Labute approximate surface area is 171 Å². The highest BCUT2D eigenvalue weighted by molar-refractivity contribution is 9.10. The fraction of sp³-hybridized carbons (Fsp3) is 0.529. The molecule has 3 heterocycles. The first-order chi connectivity index (χ1) is 13.2. The zero-order valence-electron chi connectivity index (χ0n) is 14.7. The van der Waals surface area contributed by atoms with Gasteiger partial charge in [-0.2, -0.15) is 18.2 Å². The van der Waals surface area contributed by atoms with Gasteiger partial charge in [0.05, 0.1) is 16.6 Å². The van der Waals surface area contributed by atoms with E-state index < -0.39 is 22.0 Å². The van der Waals surface area contributed by atoms with Crippen LogP contribution in [0.2, 0.25) is 5.28 Å². The molecule has 1 N–H and O–H groups in total. The van der Waals surface area contributed by atoms with Crippen molar-refractivity contribution in [3.05, 3.63) is 27.2 Å². The van der Waals surface area contributed by atoms with Crippen molar-refractivity contribution in [3.8, 4) is 0 Å². The van der Waals surface area contributed by atoms with Crippen LogP contribution in [0.3, 0.4) is 0 Å². The molecule has 1 aromatic carbocycles. The van der Waals surface area contributed by atoms with E-state index in [1.807, 2.05) is 4.90 Å². The number of methoxy groups -OCH3 is 1. The average Bonchev–Trinajstić information content (AvgIpc) is 3.16. The Hall–Kier alpha value is -1.23. The van der Waals surface area contributed by atoms with Gasteiger partial charge in [0.25, 0.3) is 0 Å². The number of benzene rings is 1. The summed E-state index contributed by atoms with van der Waals surface area (Å²) in [6.07, 6.45) is -3.01. The lowest BCUT2D eigenvalue weighted by molar-refractivity contribution is -0.138. The van der Waals surface area contributed by atoms with Crippen LogP contribution in [0.15, 0.2) is 10.5 Å². The zero-order valence-corrected chi connectivity index (χ0v) is 17.0. The number of hydrogen-bond acceptors (Lipinski definition) is 5. The van der Waals surface area contributed by atoms with Crippen molar-refractivity contribution in [3.63, 3.8) is 0 Å². The molecule has 2 bridgehead atoms. The van der Waals surface area contributed by atoms with Crippen LogP contribution < -0.4 is 10.2 Å². The largest absolute Gasteiger partial charge is 0.417 e. The van der Waals surface area contributed by atoms with Gasteiger partial charge in [0.2, 0.25) is 5.28 Å². The number of aromatic nitrogens is 2. The molecule has 5 nitrogen and oxygen atoms in total. The smallest absolute Gasteiger partial charge is 0.383 e. The highest BCUT2D eigenvalue weighted by Crippen LogP contribution is 2.47. The topological polar surface area (TPSA) is 50.3 Å². The van der Waals surface area contributed by atoms with Crippen LogP contribution in [0.25, 0.3) is 10.9 Å². The van der Waals surface area contributed by atoms with E-state index in [4.69, 9.17) is 16.3 Å². The summed E-state index contributed by atoms with van der Waals surface area (Å²) in [5, 5.41) is 3.19. The van der Waals surface area contributed by atoms with Crippen LogP contribution in [0.5, 0.6) is 0 Å². The maximum absolute atomic E-state index is 14.7. The molecule has 3 aliphatic rings. The molecular formula is C17H16BrClF4N4O. The Morgan fingerprint density at radius 2 is 2.11 bits per heavy atom. The number of hydrogen-bond donors (Lipinski definition) is 1. The van der Waals surface area contributed by atoms with E-state index in [9.17, 15) is 17.6 Å². The minimum absolute atomic E-state index is 0.00432. The van der Waals surface area contributed by atoms with E-state index >= 15 is 0 Å². The van der Waals surface area contributed by atoms with E-state index in [2.05, 4.69) is 31.2 Å². The number of anilines is 1. The number of rotatable bonds is 5. The predicted molar refractivity (Wildman–Crippen MR) is 100 cm³/mol. The first-order valence-corrected chi connectivity index (χ1v) is 9.82. The van der Waals surface area contributed by atoms with Gasteiger partial charge in [-0.15, -0.1) is 0 Å². The minimum Gasteiger partial charge on any atom is -0.383 e. The molecule has 1 aliphatic carbocycles. The number of nitrogens with one attached hydrogen (secondary N) is 1. The van der Waals surface area contributed by atoms with Gasteiger partial charge in [-0.3, -0.25) is 0 Å². The fourth-order valence-electron chi connectivity index (χ4n) is 4.12. The van der Waals surface area contributed by atoms with Gasteiger partial charge in [-0.05, 0) is 46.4 Å². The molecule has 11 heteroatoms. The van der Waals surface area contributed by atoms with Crippen molar-refractivity contribution in [2.75, 3.05) is 25.2 Å². The Balaban J connectivity index is 1.77. The summed E-state index contributed by atoms with van der Waals surface area (Å²) in [5.74, 6) is -0.859. The number of fused-ring (bicyclic) bond motifs is 2. The van der Waals surface area contributed by atoms with Gasteiger partial charge in [0.15, 0.2) is 5.82 Å². The Kier molecular flexibility index (Phi) is 5.18. The number of halogens is 6. The predicted octanol–water partition coefficient (Wildman–Crippen LogP) is 4.16. The Morgan fingerprint density at radius 3 is 2.79 bits per heavy atom. The highest BCUT2D eigenvalue weighted by Gasteiger charge is 2.52. The molecule has 0 radical (unpaired) electrons. The van der Waals surface area contributed by atoms with Crippen LogP contribution >= 0.6 is 27.5 Å². The molecule has 5 rings (SSSR count). The molecular weight excluding hydrogens is 468 g/mol. The van der Waals surface area contributed by atoms with Gasteiger partial charge >= 0.3 is 6.18 Å². The number of alkyl halides is 3. The van der Waals surface area contributed by atoms with E-state index in [1.165, 1.54) is 0 Å². The van der Waals surface area contributed by atoms with Crippen molar-refractivity contribution in [2.45, 2.75) is 37.1 Å². The number of nitrogens with zero attached hydrogens (tertiary/aromatic N) is 3. The SMILES string of the molecule is COCCNC1CC2CC1N2c1nc(Cl)nc2c(F)c(Br)c(C(F)(F)F)cc12. The van der Waals surface area contributed by atoms with Crippen LogP contribution in [0.1, 0.15) is 18.4 Å². The van der Waals surface area contributed by atoms with Gasteiger partial charge in [-0.25, -0.2) is 9.37 Å². The standard InChI is InChI=1S/C17H16BrClF4N4O/c1-28-3-2-24-10-4-7-5-11(10)27(7)15-8-6-9(17(21,22)23)12(18)13(20)14(8)25-16(19)26-15/h6-7,10-11,24H,2-5H2,1H3. The van der Waals surface area contributed by atoms with Gasteiger partial charge < -0.3 is 15.0 Å². The van der Waals surface area contributed by atoms with Gasteiger partial charge in [0, 0.05) is 37.2 Å². The summed E-state index contributed by atoms with van der Waals surface area (Å²) in [7, 11) is 1.61. The highest BCUT2D eigenvalue weighted by atomic mass is 79.9. The molecule has 28 heavy (non-hydrogen) atoms. The monoisotopic (exact) mass is 482 g/mol. The van der Waals surface area contributed by atoms with E-state index in [1.54, 1.807) is 7.11 Å². The molecule has 1 aromatic heterocycles. The summed E-state index contributed by atoms with van der Waals surface area (Å²) < 4.78 is 59.1. The first-order valence-electron chi connectivity index (χ1n) is 8.65. The van der Waals surface area contributed by atoms with E-state index in [0.717, 1.165) is 18.9 Å². The Morgan fingerprint density at radius 1 is 1.36 bits per heavy atom. The van der Waals surface area contributed by atoms with E-state index in [0.29, 0.717) is 13.2 Å². The maximum atomic E-state index is 14.7. The third kappa shape index (κ3) is 3.24. The summed E-state index contributed by atoms with van der Waals surface area (Å²) in [6, 6.07) is 1.21. The summed E-state index contributed by atoms with van der Waals surface area (Å²) in [5.41, 5.74) is -1.34. The normalized spacial score (nSPS) is 24.1. The number of ether oxygens (including phenoxy) is 1. The van der Waals surface area contributed by atoms with Gasteiger partial charge in [-0.1, -0.05) is 0 Å². The van der Waals surface area contributed by atoms with Crippen molar-refractivity contribution < 1.29 is 22.3 Å². The molecule has 3 fully saturated rings.